The molecule has 0 radical (unpaired) electrons. The molecule has 1 amide bonds. The Kier molecular flexibility index (Phi) is 7.16. The summed E-state index contributed by atoms with van der Waals surface area (Å²) in [5.74, 6) is 1.56. The Morgan fingerprint density at radius 2 is 2.00 bits per heavy atom. The molecule has 4 rings (SSSR count). The Bertz CT molecular complexity index is 1030. The maximum Gasteiger partial charge on any atom is 0.234 e. The number of aromatic nitrogens is 3. The van der Waals surface area contributed by atoms with E-state index >= 15 is 0 Å². The van der Waals surface area contributed by atoms with E-state index in [0.717, 1.165) is 36.0 Å². The summed E-state index contributed by atoms with van der Waals surface area (Å²) in [6.07, 6.45) is 1.60. The van der Waals surface area contributed by atoms with E-state index in [1.54, 1.807) is 6.26 Å². The van der Waals surface area contributed by atoms with E-state index in [1.165, 1.54) is 11.8 Å². The van der Waals surface area contributed by atoms with Gasteiger partial charge in [-0.25, -0.2) is 0 Å². The summed E-state index contributed by atoms with van der Waals surface area (Å²) < 4.78 is 12.9. The number of ether oxygens (including phenoxy) is 1. The van der Waals surface area contributed by atoms with Gasteiger partial charge < -0.3 is 19.4 Å². The highest BCUT2D eigenvalue weighted by Crippen LogP contribution is 2.32. The largest absolute Gasteiger partial charge is 0.467 e. The molecule has 3 heterocycles. The van der Waals surface area contributed by atoms with Crippen LogP contribution in [0.2, 0.25) is 0 Å². The molecule has 0 saturated carbocycles. The third kappa shape index (κ3) is 5.16. The minimum absolute atomic E-state index is 0.0480. The monoisotopic (exact) mass is 455 g/mol. The van der Waals surface area contributed by atoms with E-state index in [4.69, 9.17) is 9.15 Å². The number of amides is 1. The molecule has 170 valence electrons. The number of rotatable bonds is 8. The van der Waals surface area contributed by atoms with Crippen molar-refractivity contribution in [3.05, 3.63) is 54.0 Å². The quantitative estimate of drug-likeness (QED) is 0.521. The first kappa shape index (κ1) is 22.4. The highest BCUT2D eigenvalue weighted by atomic mass is 32.2. The molecule has 0 bridgehead atoms. The average molecular weight is 456 g/mol. The summed E-state index contributed by atoms with van der Waals surface area (Å²) in [6.45, 7) is 9.34. The van der Waals surface area contributed by atoms with E-state index in [1.807, 2.05) is 38.1 Å². The third-order valence-electron chi connectivity index (χ3n) is 5.28. The molecule has 3 aromatic rings. The van der Waals surface area contributed by atoms with Crippen molar-refractivity contribution in [1.29, 1.82) is 0 Å². The van der Waals surface area contributed by atoms with Gasteiger partial charge >= 0.3 is 0 Å². The second-order valence-corrected chi connectivity index (χ2v) is 9.24. The molecule has 9 heteroatoms. The van der Waals surface area contributed by atoms with Crippen LogP contribution in [-0.2, 0) is 16.1 Å². The van der Waals surface area contributed by atoms with Gasteiger partial charge in [0.2, 0.25) is 11.9 Å². The standard InChI is InChI=1S/C23H29N5O3S/c1-16(2)20(21(29)24-15-19-8-5-11-31-19)32-23-26-25-22(27-9-12-30-13-10-27)28(23)18-7-4-6-17(3)14-18/h4-8,11,14,16,20H,9-10,12-13,15H2,1-3H3,(H,24,29). The van der Waals surface area contributed by atoms with Crippen LogP contribution in [0, 0.1) is 12.8 Å². The van der Waals surface area contributed by atoms with Gasteiger partial charge in [0.25, 0.3) is 0 Å². The molecule has 1 N–H and O–H groups in total. The first-order valence-electron chi connectivity index (χ1n) is 10.8. The van der Waals surface area contributed by atoms with Crippen LogP contribution in [0.25, 0.3) is 5.69 Å². The molecule has 32 heavy (non-hydrogen) atoms. The summed E-state index contributed by atoms with van der Waals surface area (Å²) in [5, 5.41) is 12.4. The number of hydrogen-bond acceptors (Lipinski definition) is 7. The molecule has 1 aliphatic rings. The minimum atomic E-state index is -0.324. The number of anilines is 1. The fraction of sp³-hybridized carbons (Fsp3) is 0.435. The number of nitrogens with one attached hydrogen (secondary N) is 1. The summed E-state index contributed by atoms with van der Waals surface area (Å²) in [7, 11) is 0. The maximum atomic E-state index is 13.0. The molecule has 0 spiro atoms. The van der Waals surface area contributed by atoms with Gasteiger partial charge in [-0.2, -0.15) is 0 Å². The number of carbonyl (C=O) groups is 1. The van der Waals surface area contributed by atoms with Crippen molar-refractivity contribution in [2.75, 3.05) is 31.2 Å². The fourth-order valence-electron chi connectivity index (χ4n) is 3.59. The van der Waals surface area contributed by atoms with Gasteiger partial charge in [0, 0.05) is 13.1 Å². The summed E-state index contributed by atoms with van der Waals surface area (Å²) in [6, 6.07) is 11.9. The van der Waals surface area contributed by atoms with E-state index in [9.17, 15) is 4.79 Å². The van der Waals surface area contributed by atoms with Crippen LogP contribution in [-0.4, -0.2) is 52.2 Å². The predicted molar refractivity (Wildman–Crippen MR) is 124 cm³/mol. The van der Waals surface area contributed by atoms with Gasteiger partial charge in [-0.15, -0.1) is 10.2 Å². The first-order valence-corrected chi connectivity index (χ1v) is 11.7. The lowest BCUT2D eigenvalue weighted by Crippen LogP contribution is -2.38. The lowest BCUT2D eigenvalue weighted by molar-refractivity contribution is -0.121. The number of nitrogens with zero attached hydrogens (tertiary/aromatic N) is 4. The highest BCUT2D eigenvalue weighted by Gasteiger charge is 2.29. The van der Waals surface area contributed by atoms with E-state index in [2.05, 4.69) is 44.0 Å². The van der Waals surface area contributed by atoms with Gasteiger partial charge in [0.05, 0.1) is 37.0 Å². The SMILES string of the molecule is Cc1cccc(-n2c(SC(C(=O)NCc3ccco3)C(C)C)nnc2N2CCOCC2)c1. The summed E-state index contributed by atoms with van der Waals surface area (Å²) >= 11 is 1.44. The van der Waals surface area contributed by atoms with Crippen LogP contribution in [0.1, 0.15) is 25.2 Å². The number of hydrogen-bond donors (Lipinski definition) is 1. The molecular formula is C23H29N5O3S. The smallest absolute Gasteiger partial charge is 0.234 e. The molecule has 0 aliphatic carbocycles. The van der Waals surface area contributed by atoms with Crippen LogP contribution in [0.15, 0.2) is 52.2 Å². The van der Waals surface area contributed by atoms with Crippen molar-refractivity contribution >= 4 is 23.6 Å². The van der Waals surface area contributed by atoms with E-state index in [-0.39, 0.29) is 17.1 Å². The zero-order chi connectivity index (χ0) is 22.5. The van der Waals surface area contributed by atoms with Gasteiger partial charge in [0.1, 0.15) is 5.76 Å². The van der Waals surface area contributed by atoms with Crippen molar-refractivity contribution in [3.8, 4) is 5.69 Å². The predicted octanol–water partition coefficient (Wildman–Crippen LogP) is 3.44. The number of furan rings is 1. The minimum Gasteiger partial charge on any atom is -0.467 e. The number of thioether (sulfide) groups is 1. The molecule has 1 atom stereocenters. The maximum absolute atomic E-state index is 13.0. The van der Waals surface area contributed by atoms with E-state index in [0.29, 0.717) is 24.9 Å². The van der Waals surface area contributed by atoms with Gasteiger partial charge in [-0.1, -0.05) is 37.7 Å². The third-order valence-corrected chi connectivity index (χ3v) is 6.77. The average Bonchev–Trinajstić information content (AvgIpc) is 3.46. The van der Waals surface area contributed by atoms with Crippen molar-refractivity contribution in [2.45, 2.75) is 37.7 Å². The normalized spacial score (nSPS) is 15.2. The van der Waals surface area contributed by atoms with Crippen LogP contribution < -0.4 is 10.2 Å². The van der Waals surface area contributed by atoms with Gasteiger partial charge in [-0.3, -0.25) is 9.36 Å². The molecule has 1 unspecified atom stereocenters. The van der Waals surface area contributed by atoms with Crippen LogP contribution >= 0.6 is 11.8 Å². The number of benzene rings is 1. The Morgan fingerprint density at radius 3 is 2.69 bits per heavy atom. The molecule has 8 nitrogen and oxygen atoms in total. The van der Waals surface area contributed by atoms with Crippen LogP contribution in [0.3, 0.4) is 0 Å². The summed E-state index contributed by atoms with van der Waals surface area (Å²) in [5.41, 5.74) is 2.13. The lowest BCUT2D eigenvalue weighted by atomic mass is 10.1. The Labute approximate surface area is 192 Å². The van der Waals surface area contributed by atoms with Crippen molar-refractivity contribution < 1.29 is 13.9 Å². The Balaban J connectivity index is 1.62. The highest BCUT2D eigenvalue weighted by molar-refractivity contribution is 8.00. The number of aryl methyl sites for hydroxylation is 1. The second-order valence-electron chi connectivity index (χ2n) is 8.14. The van der Waals surface area contributed by atoms with E-state index < -0.39 is 0 Å². The molecule has 1 fully saturated rings. The topological polar surface area (TPSA) is 85.4 Å². The number of carbonyl (C=O) groups excluding carboxylic acids is 1. The van der Waals surface area contributed by atoms with Crippen molar-refractivity contribution in [1.82, 2.24) is 20.1 Å². The van der Waals surface area contributed by atoms with Gasteiger partial charge in [-0.05, 0) is 42.7 Å². The molecule has 2 aromatic heterocycles. The molecule has 1 aliphatic heterocycles. The lowest BCUT2D eigenvalue weighted by Gasteiger charge is -2.28. The van der Waals surface area contributed by atoms with Crippen LogP contribution in [0.5, 0.6) is 0 Å². The fourth-order valence-corrected chi connectivity index (χ4v) is 4.66. The van der Waals surface area contributed by atoms with Gasteiger partial charge in [0.15, 0.2) is 5.16 Å². The molecule has 1 saturated heterocycles. The second kappa shape index (κ2) is 10.2. The Morgan fingerprint density at radius 1 is 1.19 bits per heavy atom. The van der Waals surface area contributed by atoms with Crippen molar-refractivity contribution in [3.63, 3.8) is 0 Å². The zero-order valence-corrected chi connectivity index (χ0v) is 19.5. The summed E-state index contributed by atoms with van der Waals surface area (Å²) in [4.78, 5) is 15.2. The first-order chi connectivity index (χ1) is 15.5. The molecular weight excluding hydrogens is 426 g/mol. The zero-order valence-electron chi connectivity index (χ0n) is 18.7. The Hall–Kier alpha value is -2.78. The molecule has 1 aromatic carbocycles. The number of morpholine rings is 1. The van der Waals surface area contributed by atoms with Crippen molar-refractivity contribution in [2.24, 2.45) is 5.92 Å². The van der Waals surface area contributed by atoms with Crippen LogP contribution in [0.4, 0.5) is 5.95 Å².